The van der Waals surface area contributed by atoms with Crippen molar-refractivity contribution < 1.29 is 22.7 Å². The van der Waals surface area contributed by atoms with E-state index in [-0.39, 0.29) is 10.8 Å². The summed E-state index contributed by atoms with van der Waals surface area (Å²) in [5.41, 5.74) is 1.52. The third-order valence-electron chi connectivity index (χ3n) is 7.52. The predicted octanol–water partition coefficient (Wildman–Crippen LogP) is 6.08. The molecule has 0 radical (unpaired) electrons. The van der Waals surface area contributed by atoms with Gasteiger partial charge in [-0.15, -0.1) is 0 Å². The number of benzene rings is 3. The molecule has 3 aromatic rings. The minimum Gasteiger partial charge on any atom is -0.494 e. The Morgan fingerprint density at radius 1 is 0.886 bits per heavy atom. The third kappa shape index (κ3) is 8.70. The third-order valence-corrected chi connectivity index (χ3v) is 9.95. The summed E-state index contributed by atoms with van der Waals surface area (Å²) < 4.78 is 35.7. The second kappa shape index (κ2) is 14.7. The van der Waals surface area contributed by atoms with Crippen LogP contribution in [0.25, 0.3) is 6.08 Å². The van der Waals surface area contributed by atoms with Crippen molar-refractivity contribution in [3.63, 3.8) is 0 Å². The molecule has 0 spiro atoms. The largest absolute Gasteiger partial charge is 0.494 e. The van der Waals surface area contributed by atoms with Crippen LogP contribution in [-0.2, 0) is 14.6 Å². The molecule has 232 valence electrons. The fourth-order valence-electron chi connectivity index (χ4n) is 4.95. The summed E-state index contributed by atoms with van der Waals surface area (Å²) in [6.07, 6.45) is 6.26. The van der Waals surface area contributed by atoms with Crippen LogP contribution in [0.4, 0.5) is 5.69 Å². The van der Waals surface area contributed by atoms with Gasteiger partial charge in [-0.1, -0.05) is 42.2 Å². The SMILES string of the molecule is CN1CCN(CCCCCOc2cccc(N3C(=O)/C(=C/c4ccc(Oc5ccc(S(C)(=O)=O)cc5)cc4)SC3=S)c2)CC1. The summed E-state index contributed by atoms with van der Waals surface area (Å²) in [4.78, 5) is 20.6. The zero-order valence-corrected chi connectivity index (χ0v) is 27.4. The number of piperazine rings is 1. The fraction of sp³-hybridized carbons (Fsp3) is 0.333. The van der Waals surface area contributed by atoms with Crippen molar-refractivity contribution in [2.24, 2.45) is 0 Å². The number of rotatable bonds is 12. The molecule has 2 aliphatic heterocycles. The first kappa shape index (κ1) is 32.2. The van der Waals surface area contributed by atoms with Gasteiger partial charge in [-0.25, -0.2) is 8.42 Å². The summed E-state index contributed by atoms with van der Waals surface area (Å²) in [7, 11) is -1.09. The van der Waals surface area contributed by atoms with Crippen LogP contribution in [0.2, 0.25) is 0 Å². The first-order chi connectivity index (χ1) is 21.2. The lowest BCUT2D eigenvalue weighted by atomic mass is 10.2. The van der Waals surface area contributed by atoms with Gasteiger partial charge in [-0.2, -0.15) is 0 Å². The topological polar surface area (TPSA) is 79.4 Å². The lowest BCUT2D eigenvalue weighted by Crippen LogP contribution is -2.44. The Kier molecular flexibility index (Phi) is 10.8. The lowest BCUT2D eigenvalue weighted by Gasteiger charge is -2.32. The highest BCUT2D eigenvalue weighted by Gasteiger charge is 2.33. The number of carbonyl (C=O) groups is 1. The number of unbranched alkanes of at least 4 members (excludes halogenated alkanes) is 2. The van der Waals surface area contributed by atoms with Gasteiger partial charge in [0.1, 0.15) is 17.2 Å². The number of carbonyl (C=O) groups excluding carboxylic acids is 1. The van der Waals surface area contributed by atoms with Crippen LogP contribution < -0.4 is 14.4 Å². The van der Waals surface area contributed by atoms with E-state index in [0.29, 0.717) is 33.0 Å². The zero-order valence-electron chi connectivity index (χ0n) is 25.0. The molecule has 11 heteroatoms. The highest BCUT2D eigenvalue weighted by Crippen LogP contribution is 2.37. The number of amides is 1. The number of ether oxygens (including phenoxy) is 2. The first-order valence-corrected chi connectivity index (χ1v) is 17.8. The molecule has 3 aromatic carbocycles. The molecule has 2 aliphatic rings. The van der Waals surface area contributed by atoms with Gasteiger partial charge in [0.05, 0.1) is 22.1 Å². The standard InChI is InChI=1S/C33H37N3O5S3/c1-34-18-20-35(21-19-34)17-4-3-5-22-40-29-8-6-7-26(24-29)36-32(37)31(43-33(36)42)23-25-9-11-27(12-10-25)41-28-13-15-30(16-14-28)44(2,38)39/h6-16,23-24H,3-5,17-22H2,1-2H3/b31-23-. The summed E-state index contributed by atoms with van der Waals surface area (Å²) >= 11 is 6.85. The molecule has 0 atom stereocenters. The molecule has 0 bridgehead atoms. The highest BCUT2D eigenvalue weighted by atomic mass is 32.2. The Balaban J connectivity index is 1.12. The number of anilines is 1. The molecule has 0 aliphatic carbocycles. The Bertz CT molecular complexity index is 1600. The second-order valence-electron chi connectivity index (χ2n) is 11.0. The Labute approximate surface area is 269 Å². The molecule has 0 unspecified atom stereocenters. The molecule has 44 heavy (non-hydrogen) atoms. The average Bonchev–Trinajstić information content (AvgIpc) is 3.28. The number of thioether (sulfide) groups is 1. The number of hydrogen-bond donors (Lipinski definition) is 0. The van der Waals surface area contributed by atoms with Crippen LogP contribution in [0.3, 0.4) is 0 Å². The highest BCUT2D eigenvalue weighted by molar-refractivity contribution is 8.27. The lowest BCUT2D eigenvalue weighted by molar-refractivity contribution is -0.113. The molecular weight excluding hydrogens is 615 g/mol. The van der Waals surface area contributed by atoms with E-state index in [1.165, 1.54) is 36.6 Å². The van der Waals surface area contributed by atoms with Crippen molar-refractivity contribution in [3.8, 4) is 17.2 Å². The quantitative estimate of drug-likeness (QED) is 0.131. The van der Waals surface area contributed by atoms with E-state index in [4.69, 9.17) is 21.7 Å². The van der Waals surface area contributed by atoms with Gasteiger partial charge >= 0.3 is 0 Å². The normalized spacial score (nSPS) is 17.4. The van der Waals surface area contributed by atoms with Gasteiger partial charge < -0.3 is 19.3 Å². The Morgan fingerprint density at radius 2 is 1.57 bits per heavy atom. The minimum absolute atomic E-state index is 0.174. The van der Waals surface area contributed by atoms with Crippen molar-refractivity contribution in [2.45, 2.75) is 24.2 Å². The minimum atomic E-state index is -3.27. The van der Waals surface area contributed by atoms with E-state index in [9.17, 15) is 13.2 Å². The van der Waals surface area contributed by atoms with Gasteiger partial charge in [0.25, 0.3) is 5.91 Å². The Hall–Kier alpha value is -3.22. The molecule has 0 N–H and O–H groups in total. The van der Waals surface area contributed by atoms with Gasteiger partial charge in [0.2, 0.25) is 0 Å². The molecule has 0 aromatic heterocycles. The molecule has 2 saturated heterocycles. The van der Waals surface area contributed by atoms with E-state index in [0.717, 1.165) is 56.9 Å². The van der Waals surface area contributed by atoms with E-state index in [2.05, 4.69) is 16.8 Å². The van der Waals surface area contributed by atoms with Crippen LogP contribution in [0.15, 0.2) is 82.6 Å². The van der Waals surface area contributed by atoms with Crippen LogP contribution >= 0.6 is 24.0 Å². The van der Waals surface area contributed by atoms with Gasteiger partial charge in [0.15, 0.2) is 14.2 Å². The van der Waals surface area contributed by atoms with Crippen LogP contribution in [0.5, 0.6) is 17.2 Å². The number of thiocarbonyl (C=S) groups is 1. The number of nitrogens with zero attached hydrogens (tertiary/aromatic N) is 3. The van der Waals surface area contributed by atoms with Crippen molar-refractivity contribution >= 4 is 55.8 Å². The maximum atomic E-state index is 13.4. The molecule has 1 amide bonds. The summed E-state index contributed by atoms with van der Waals surface area (Å²) in [5, 5.41) is 0. The maximum Gasteiger partial charge on any atom is 0.270 e. The summed E-state index contributed by atoms with van der Waals surface area (Å²) in [5.74, 6) is 1.67. The van der Waals surface area contributed by atoms with E-state index in [1.807, 2.05) is 42.5 Å². The second-order valence-corrected chi connectivity index (χ2v) is 14.7. The van der Waals surface area contributed by atoms with Gasteiger partial charge in [-0.05, 0) is 93.0 Å². The molecule has 0 saturated carbocycles. The maximum absolute atomic E-state index is 13.4. The molecular formula is C33H37N3O5S3. The molecule has 2 heterocycles. The smallest absolute Gasteiger partial charge is 0.270 e. The van der Waals surface area contributed by atoms with E-state index >= 15 is 0 Å². The number of likely N-dealkylation sites (N-methyl/N-ethyl adjacent to an activating group) is 1. The van der Waals surface area contributed by atoms with Crippen molar-refractivity contribution in [3.05, 3.63) is 83.3 Å². The summed E-state index contributed by atoms with van der Waals surface area (Å²) in [6.45, 7) is 6.38. The first-order valence-electron chi connectivity index (χ1n) is 14.7. The number of hydrogen-bond acceptors (Lipinski definition) is 9. The molecule has 2 fully saturated rings. The van der Waals surface area contributed by atoms with Crippen molar-refractivity contribution in [2.75, 3.05) is 57.5 Å². The molecule has 5 rings (SSSR count). The van der Waals surface area contributed by atoms with Gasteiger partial charge in [0, 0.05) is 38.5 Å². The van der Waals surface area contributed by atoms with Crippen LogP contribution in [0, 0.1) is 0 Å². The monoisotopic (exact) mass is 651 g/mol. The number of sulfone groups is 1. The fourth-order valence-corrected chi connectivity index (χ4v) is 6.88. The average molecular weight is 652 g/mol. The predicted molar refractivity (Wildman–Crippen MR) is 181 cm³/mol. The van der Waals surface area contributed by atoms with Crippen LogP contribution in [-0.4, -0.2) is 81.1 Å². The van der Waals surface area contributed by atoms with E-state index < -0.39 is 9.84 Å². The van der Waals surface area contributed by atoms with Crippen molar-refractivity contribution in [1.82, 2.24) is 9.80 Å². The van der Waals surface area contributed by atoms with Gasteiger partial charge in [-0.3, -0.25) is 9.69 Å². The van der Waals surface area contributed by atoms with E-state index in [1.54, 1.807) is 29.2 Å². The Morgan fingerprint density at radius 3 is 2.25 bits per heavy atom. The van der Waals surface area contributed by atoms with Crippen molar-refractivity contribution in [1.29, 1.82) is 0 Å². The summed E-state index contributed by atoms with van der Waals surface area (Å²) in [6, 6.07) is 21.1. The molecule has 8 nitrogen and oxygen atoms in total. The zero-order chi connectivity index (χ0) is 31.1. The van der Waals surface area contributed by atoms with Crippen LogP contribution in [0.1, 0.15) is 24.8 Å².